The number of carboxylic acid groups (broad SMARTS) is 1. The quantitative estimate of drug-likeness (QED) is 0.832. The number of carboxylic acids is 1. The summed E-state index contributed by atoms with van der Waals surface area (Å²) in [6, 6.07) is 1.30. The van der Waals surface area contributed by atoms with E-state index in [4.69, 9.17) is 5.11 Å². The molecule has 2 rings (SSSR count). The maximum Gasteiger partial charge on any atom is 0.422 e. The Morgan fingerprint density at radius 1 is 1.45 bits per heavy atom. The van der Waals surface area contributed by atoms with E-state index in [2.05, 4.69) is 15.0 Å². The molecule has 0 bridgehead atoms. The Kier molecular flexibility index (Phi) is 4.53. The molecule has 22 heavy (non-hydrogen) atoms. The number of nitrogens with zero attached hydrogens (tertiary/aromatic N) is 1. The van der Waals surface area contributed by atoms with Gasteiger partial charge in [-0.15, -0.1) is 0 Å². The Morgan fingerprint density at radius 2 is 2.14 bits per heavy atom. The Hall–Kier alpha value is -2.32. The highest BCUT2D eigenvalue weighted by atomic mass is 19.4. The van der Waals surface area contributed by atoms with Crippen LogP contribution in [-0.4, -0.2) is 40.8 Å². The molecule has 1 aromatic rings. The summed E-state index contributed by atoms with van der Waals surface area (Å²) >= 11 is 0. The summed E-state index contributed by atoms with van der Waals surface area (Å²) in [6.45, 7) is -1.52. The number of amides is 1. The van der Waals surface area contributed by atoms with E-state index in [0.717, 1.165) is 12.3 Å². The predicted molar refractivity (Wildman–Crippen MR) is 67.4 cm³/mol. The fourth-order valence-electron chi connectivity index (χ4n) is 1.82. The lowest BCUT2D eigenvalue weighted by atomic mass is 10.1. The van der Waals surface area contributed by atoms with E-state index < -0.39 is 30.7 Å². The summed E-state index contributed by atoms with van der Waals surface area (Å²) in [4.78, 5) is 26.6. The van der Waals surface area contributed by atoms with E-state index in [0.29, 0.717) is 12.8 Å². The van der Waals surface area contributed by atoms with Gasteiger partial charge in [-0.05, 0) is 24.8 Å². The third kappa shape index (κ3) is 4.61. The van der Waals surface area contributed by atoms with Crippen LogP contribution in [0.3, 0.4) is 0 Å². The second kappa shape index (κ2) is 6.20. The molecule has 1 unspecified atom stereocenters. The van der Waals surface area contributed by atoms with Gasteiger partial charge in [0.1, 0.15) is 6.04 Å². The van der Waals surface area contributed by atoms with Crippen molar-refractivity contribution in [3.63, 3.8) is 0 Å². The Balaban J connectivity index is 2.01. The number of carbonyl (C=O) groups excluding carboxylic acids is 1. The zero-order valence-electron chi connectivity index (χ0n) is 11.3. The van der Waals surface area contributed by atoms with Crippen molar-refractivity contribution in [1.29, 1.82) is 0 Å². The molecule has 1 saturated carbocycles. The molecule has 1 amide bonds. The van der Waals surface area contributed by atoms with Crippen LogP contribution in [0, 0.1) is 5.92 Å². The zero-order chi connectivity index (χ0) is 16.3. The first kappa shape index (κ1) is 16.1. The minimum atomic E-state index is -4.51. The van der Waals surface area contributed by atoms with Gasteiger partial charge in [0.15, 0.2) is 6.61 Å². The van der Waals surface area contributed by atoms with E-state index in [1.807, 2.05) is 0 Å². The second-order valence-electron chi connectivity index (χ2n) is 4.91. The number of nitrogens with one attached hydrogen (secondary N) is 1. The van der Waals surface area contributed by atoms with Crippen LogP contribution in [0.15, 0.2) is 18.3 Å². The smallest absolute Gasteiger partial charge is 0.422 e. The van der Waals surface area contributed by atoms with Crippen molar-refractivity contribution >= 4 is 11.9 Å². The van der Waals surface area contributed by atoms with Crippen LogP contribution in [0.4, 0.5) is 13.2 Å². The number of carbonyl (C=O) groups is 2. The summed E-state index contributed by atoms with van der Waals surface area (Å²) in [5.74, 6) is -2.30. The van der Waals surface area contributed by atoms with Crippen molar-refractivity contribution in [3.8, 4) is 5.88 Å². The third-order valence-electron chi connectivity index (χ3n) is 3.03. The molecule has 9 heteroatoms. The molecule has 1 aliphatic rings. The number of aliphatic carboxylic acids is 1. The lowest BCUT2D eigenvalue weighted by Gasteiger charge is -2.14. The lowest BCUT2D eigenvalue weighted by molar-refractivity contribution is -0.154. The average Bonchev–Trinajstić information content (AvgIpc) is 3.26. The number of hydrogen-bond donors (Lipinski definition) is 2. The monoisotopic (exact) mass is 318 g/mol. The standard InChI is InChI=1S/C13H13F3N2O4/c14-13(15,16)6-22-9-5-8(3-4-17-9)11(19)18-10(12(20)21)7-1-2-7/h3-5,7,10H,1-2,6H2,(H,18,19)(H,20,21). The molecule has 0 radical (unpaired) electrons. The van der Waals surface area contributed by atoms with Crippen LogP contribution >= 0.6 is 0 Å². The highest BCUT2D eigenvalue weighted by Crippen LogP contribution is 2.32. The van der Waals surface area contributed by atoms with Gasteiger partial charge in [0, 0.05) is 17.8 Å². The van der Waals surface area contributed by atoms with Crippen LogP contribution in [0.5, 0.6) is 5.88 Å². The molecule has 6 nitrogen and oxygen atoms in total. The molecular formula is C13H13F3N2O4. The molecule has 2 N–H and O–H groups in total. The van der Waals surface area contributed by atoms with Crippen LogP contribution in [0.1, 0.15) is 23.2 Å². The first-order chi connectivity index (χ1) is 10.3. The van der Waals surface area contributed by atoms with Gasteiger partial charge in [-0.25, -0.2) is 9.78 Å². The Labute approximate surface area is 123 Å². The number of pyridine rings is 1. The number of rotatable bonds is 6. The first-order valence-electron chi connectivity index (χ1n) is 6.45. The largest absolute Gasteiger partial charge is 0.480 e. The van der Waals surface area contributed by atoms with Gasteiger partial charge in [0.2, 0.25) is 5.88 Å². The van der Waals surface area contributed by atoms with Gasteiger partial charge in [-0.3, -0.25) is 4.79 Å². The highest BCUT2D eigenvalue weighted by molar-refractivity contribution is 5.96. The van der Waals surface area contributed by atoms with Gasteiger partial charge in [-0.1, -0.05) is 0 Å². The molecular weight excluding hydrogens is 305 g/mol. The van der Waals surface area contributed by atoms with Gasteiger partial charge in [-0.2, -0.15) is 13.2 Å². The maximum atomic E-state index is 12.1. The summed E-state index contributed by atoms with van der Waals surface area (Å²) < 4.78 is 40.6. The van der Waals surface area contributed by atoms with Crippen LogP contribution in [0.25, 0.3) is 0 Å². The van der Waals surface area contributed by atoms with Crippen molar-refractivity contribution in [1.82, 2.24) is 10.3 Å². The van der Waals surface area contributed by atoms with Crippen molar-refractivity contribution in [2.24, 2.45) is 5.92 Å². The minimum absolute atomic E-state index is 0.0147. The molecule has 1 heterocycles. The number of ether oxygens (including phenoxy) is 1. The lowest BCUT2D eigenvalue weighted by Crippen LogP contribution is -2.42. The van der Waals surface area contributed by atoms with E-state index in [1.54, 1.807) is 0 Å². The molecule has 0 aliphatic heterocycles. The van der Waals surface area contributed by atoms with Crippen molar-refractivity contribution < 1.29 is 32.6 Å². The molecule has 120 valence electrons. The van der Waals surface area contributed by atoms with Gasteiger partial charge in [0.05, 0.1) is 0 Å². The number of aromatic nitrogens is 1. The number of hydrogen-bond acceptors (Lipinski definition) is 4. The van der Waals surface area contributed by atoms with Crippen molar-refractivity contribution in [2.45, 2.75) is 25.1 Å². The maximum absolute atomic E-state index is 12.1. The molecule has 1 fully saturated rings. The average molecular weight is 318 g/mol. The minimum Gasteiger partial charge on any atom is -0.480 e. The summed E-state index contributed by atoms with van der Waals surface area (Å²) in [5.41, 5.74) is -0.0147. The van der Waals surface area contributed by atoms with Gasteiger partial charge < -0.3 is 15.2 Å². The summed E-state index contributed by atoms with van der Waals surface area (Å²) in [7, 11) is 0. The van der Waals surface area contributed by atoms with Crippen LogP contribution < -0.4 is 10.1 Å². The van der Waals surface area contributed by atoms with Crippen molar-refractivity contribution in [3.05, 3.63) is 23.9 Å². The van der Waals surface area contributed by atoms with E-state index in [9.17, 15) is 22.8 Å². The van der Waals surface area contributed by atoms with Crippen LogP contribution in [0.2, 0.25) is 0 Å². The summed E-state index contributed by atoms with van der Waals surface area (Å²) in [5, 5.41) is 11.4. The van der Waals surface area contributed by atoms with Gasteiger partial charge in [0.25, 0.3) is 5.91 Å². The van der Waals surface area contributed by atoms with E-state index in [1.165, 1.54) is 6.07 Å². The molecule has 1 atom stereocenters. The van der Waals surface area contributed by atoms with Crippen molar-refractivity contribution in [2.75, 3.05) is 6.61 Å². The molecule has 0 aromatic carbocycles. The second-order valence-corrected chi connectivity index (χ2v) is 4.91. The molecule has 1 aromatic heterocycles. The first-order valence-corrected chi connectivity index (χ1v) is 6.45. The topological polar surface area (TPSA) is 88.5 Å². The molecule has 0 spiro atoms. The van der Waals surface area contributed by atoms with Gasteiger partial charge >= 0.3 is 12.1 Å². The number of alkyl halides is 3. The molecule has 0 saturated heterocycles. The summed E-state index contributed by atoms with van der Waals surface area (Å²) in [6.07, 6.45) is -1.96. The normalized spacial score (nSPS) is 16.0. The molecule has 1 aliphatic carbocycles. The fraction of sp³-hybridized carbons (Fsp3) is 0.462. The van der Waals surface area contributed by atoms with Crippen LogP contribution in [-0.2, 0) is 4.79 Å². The number of halogens is 3. The third-order valence-corrected chi connectivity index (χ3v) is 3.03. The Morgan fingerprint density at radius 3 is 2.68 bits per heavy atom. The zero-order valence-corrected chi connectivity index (χ0v) is 11.3. The predicted octanol–water partition coefficient (Wildman–Crippen LogP) is 1.62. The fourth-order valence-corrected chi connectivity index (χ4v) is 1.82. The SMILES string of the molecule is O=C(NC(C(=O)O)C1CC1)c1ccnc(OCC(F)(F)F)c1. The Bertz CT molecular complexity index is 573. The van der Waals surface area contributed by atoms with E-state index in [-0.39, 0.29) is 17.4 Å². The highest BCUT2D eigenvalue weighted by Gasteiger charge is 2.37. The van der Waals surface area contributed by atoms with E-state index >= 15 is 0 Å².